The molecular weight excluding hydrogens is 408 g/mol. The maximum atomic E-state index is 13.0. The molecule has 6 nitrogen and oxygen atoms in total. The van der Waals surface area contributed by atoms with Crippen LogP contribution < -0.4 is 15.8 Å². The lowest BCUT2D eigenvalue weighted by Gasteiger charge is -2.29. The number of fused-ring (bicyclic) bond motifs is 2. The first-order valence-electron chi connectivity index (χ1n) is 9.70. The highest BCUT2D eigenvalue weighted by Gasteiger charge is 2.35. The van der Waals surface area contributed by atoms with Crippen LogP contribution in [0, 0.1) is 0 Å². The van der Waals surface area contributed by atoms with E-state index in [0.717, 1.165) is 50.6 Å². The number of carbonyl (C=O) groups excluding carboxylic acids is 1. The molecule has 3 N–H and O–H groups in total. The van der Waals surface area contributed by atoms with Crippen LogP contribution in [0.25, 0.3) is 21.3 Å². The van der Waals surface area contributed by atoms with Gasteiger partial charge in [-0.25, -0.2) is 0 Å². The van der Waals surface area contributed by atoms with Gasteiger partial charge >= 0.3 is 0 Å². The van der Waals surface area contributed by atoms with Gasteiger partial charge in [-0.2, -0.15) is 0 Å². The van der Waals surface area contributed by atoms with E-state index in [4.69, 9.17) is 22.1 Å². The molecule has 2 aliphatic rings. The number of carbonyl (C=O) groups is 1. The largest absolute Gasteiger partial charge is 0.479 e. The minimum Gasteiger partial charge on any atom is -0.479 e. The lowest BCUT2D eigenvalue weighted by molar-refractivity contribution is -0.138. The number of thiophene rings is 1. The third kappa shape index (κ3) is 3.38. The molecule has 1 fully saturated rings. The number of ether oxygens (including phenoxy) is 1. The number of benzene rings is 1. The molecule has 1 amide bonds. The summed E-state index contributed by atoms with van der Waals surface area (Å²) in [7, 11) is 0. The second-order valence-electron chi connectivity index (χ2n) is 7.32. The normalized spacial score (nSPS) is 18.7. The monoisotopic (exact) mass is 428 g/mol. The average molecular weight is 429 g/mol. The zero-order chi connectivity index (χ0) is 20.0. The molecule has 29 heavy (non-hydrogen) atoms. The Morgan fingerprint density at radius 1 is 1.31 bits per heavy atom. The number of nitrogens with one attached hydrogen (secondary N) is 1. The number of piperazine rings is 1. The first-order valence-corrected chi connectivity index (χ1v) is 10.9. The lowest BCUT2D eigenvalue weighted by atomic mass is 10.0. The maximum Gasteiger partial charge on any atom is 0.264 e. The molecule has 0 saturated carbocycles. The van der Waals surface area contributed by atoms with E-state index < -0.39 is 6.10 Å². The van der Waals surface area contributed by atoms with Crippen LogP contribution in [0.15, 0.2) is 30.5 Å². The van der Waals surface area contributed by atoms with Crippen LogP contribution in [0.1, 0.15) is 10.4 Å². The van der Waals surface area contributed by atoms with Gasteiger partial charge in [0.1, 0.15) is 5.75 Å². The van der Waals surface area contributed by atoms with Gasteiger partial charge in [0.2, 0.25) is 0 Å². The van der Waals surface area contributed by atoms with Crippen molar-refractivity contribution in [2.45, 2.75) is 19.1 Å². The molecule has 3 aromatic rings. The molecular formula is C21H21ClN4O2S. The molecule has 1 saturated heterocycles. The molecule has 0 bridgehead atoms. The topological polar surface area (TPSA) is 80.5 Å². The van der Waals surface area contributed by atoms with E-state index in [2.05, 4.69) is 10.3 Å². The number of halogens is 1. The summed E-state index contributed by atoms with van der Waals surface area (Å²) < 4.78 is 7.29. The van der Waals surface area contributed by atoms with Crippen LogP contribution in [0.2, 0.25) is 5.02 Å². The Balaban J connectivity index is 1.54. The first-order chi connectivity index (χ1) is 14.1. The Morgan fingerprint density at radius 3 is 2.93 bits per heavy atom. The minimum atomic E-state index is -0.499. The number of aromatic nitrogens is 1. The molecule has 1 aromatic carbocycles. The smallest absolute Gasteiger partial charge is 0.264 e. The molecule has 0 aliphatic carbocycles. The molecule has 1 unspecified atom stereocenters. The van der Waals surface area contributed by atoms with Crippen molar-refractivity contribution in [1.29, 1.82) is 0 Å². The van der Waals surface area contributed by atoms with Crippen LogP contribution >= 0.6 is 22.9 Å². The Kier molecular flexibility index (Phi) is 4.91. The second kappa shape index (κ2) is 7.57. The highest BCUT2D eigenvalue weighted by atomic mass is 35.5. The molecule has 2 aliphatic heterocycles. The van der Waals surface area contributed by atoms with Crippen molar-refractivity contribution in [2.24, 2.45) is 5.73 Å². The van der Waals surface area contributed by atoms with E-state index in [0.29, 0.717) is 31.1 Å². The van der Waals surface area contributed by atoms with E-state index in [1.54, 1.807) is 17.5 Å². The van der Waals surface area contributed by atoms with Crippen molar-refractivity contribution in [1.82, 2.24) is 15.2 Å². The molecule has 1 atom stereocenters. The van der Waals surface area contributed by atoms with Gasteiger partial charge in [-0.05, 0) is 24.3 Å². The highest BCUT2D eigenvalue weighted by molar-refractivity contribution is 7.19. The highest BCUT2D eigenvalue weighted by Crippen LogP contribution is 2.44. The Labute approximate surface area is 177 Å². The van der Waals surface area contributed by atoms with E-state index in [1.165, 1.54) is 0 Å². The van der Waals surface area contributed by atoms with Crippen molar-refractivity contribution in [3.05, 3.63) is 45.9 Å². The number of nitrogens with zero attached hydrogens (tertiary/aromatic N) is 2. The number of pyridine rings is 1. The summed E-state index contributed by atoms with van der Waals surface area (Å²) in [6.07, 6.45) is 1.83. The summed E-state index contributed by atoms with van der Waals surface area (Å²) in [5, 5.41) is 3.91. The third-order valence-corrected chi connectivity index (χ3v) is 6.85. The second-order valence-corrected chi connectivity index (χ2v) is 8.89. The predicted octanol–water partition coefficient (Wildman–Crippen LogP) is 2.81. The standard InChI is InChI=1S/C21H21ClN4O2S/c22-13-7-12-8-18(21(27)26-5-3-24-4-6-26)28-19(12)16(9-13)15-1-2-25-17-10-14(11-23)29-20(15)17/h1-2,7,9-10,18,24H,3-6,8,11,23H2. The number of hydrogen-bond donors (Lipinski definition) is 2. The van der Waals surface area contributed by atoms with E-state index in [1.807, 2.05) is 29.2 Å². The van der Waals surface area contributed by atoms with Crippen molar-refractivity contribution in [3.63, 3.8) is 0 Å². The molecule has 0 spiro atoms. The van der Waals surface area contributed by atoms with Gasteiger partial charge in [0.05, 0.1) is 10.2 Å². The van der Waals surface area contributed by atoms with Gasteiger partial charge in [-0.1, -0.05) is 11.6 Å². The summed E-state index contributed by atoms with van der Waals surface area (Å²) in [4.78, 5) is 20.4. The van der Waals surface area contributed by atoms with E-state index >= 15 is 0 Å². The number of nitrogens with two attached hydrogens (primary N) is 1. The Morgan fingerprint density at radius 2 is 2.14 bits per heavy atom. The van der Waals surface area contributed by atoms with Gasteiger partial charge in [0.25, 0.3) is 5.91 Å². The molecule has 8 heteroatoms. The Bertz CT molecular complexity index is 1090. The maximum absolute atomic E-state index is 13.0. The summed E-state index contributed by atoms with van der Waals surface area (Å²) in [6.45, 7) is 3.54. The molecule has 2 aromatic heterocycles. The molecule has 150 valence electrons. The number of hydrogen-bond acceptors (Lipinski definition) is 6. The number of amides is 1. The zero-order valence-electron chi connectivity index (χ0n) is 15.8. The SMILES string of the molecule is NCc1cc2nccc(-c3cc(Cl)cc4c3OC(C(=O)N3CCNCC3)C4)c2s1. The van der Waals surface area contributed by atoms with E-state index in [9.17, 15) is 4.79 Å². The van der Waals surface area contributed by atoms with Crippen molar-refractivity contribution in [3.8, 4) is 16.9 Å². The van der Waals surface area contributed by atoms with Gasteiger partial charge in [-0.3, -0.25) is 9.78 Å². The van der Waals surface area contributed by atoms with Gasteiger partial charge in [0, 0.05) is 71.9 Å². The predicted molar refractivity (Wildman–Crippen MR) is 116 cm³/mol. The van der Waals surface area contributed by atoms with Crippen molar-refractivity contribution < 1.29 is 9.53 Å². The van der Waals surface area contributed by atoms with Gasteiger partial charge in [0.15, 0.2) is 6.10 Å². The van der Waals surface area contributed by atoms with Crippen LogP contribution in [-0.2, 0) is 17.8 Å². The minimum absolute atomic E-state index is 0.0474. The van der Waals surface area contributed by atoms with Crippen LogP contribution in [0.4, 0.5) is 0 Å². The summed E-state index contributed by atoms with van der Waals surface area (Å²) in [5.41, 5.74) is 9.63. The van der Waals surface area contributed by atoms with Gasteiger partial charge in [-0.15, -0.1) is 11.3 Å². The van der Waals surface area contributed by atoms with Crippen molar-refractivity contribution in [2.75, 3.05) is 26.2 Å². The fourth-order valence-corrected chi connectivity index (χ4v) is 5.31. The van der Waals surface area contributed by atoms with Gasteiger partial charge < -0.3 is 20.7 Å². The lowest BCUT2D eigenvalue weighted by Crippen LogP contribution is -2.50. The number of rotatable bonds is 3. The summed E-state index contributed by atoms with van der Waals surface area (Å²) >= 11 is 8.08. The Hall–Kier alpha value is -2.19. The fourth-order valence-electron chi connectivity index (χ4n) is 4.05. The third-order valence-electron chi connectivity index (χ3n) is 5.45. The van der Waals surface area contributed by atoms with Crippen LogP contribution in [0.3, 0.4) is 0 Å². The quantitative estimate of drug-likeness (QED) is 0.670. The van der Waals surface area contributed by atoms with Crippen LogP contribution in [0.5, 0.6) is 5.75 Å². The zero-order valence-corrected chi connectivity index (χ0v) is 17.4. The first kappa shape index (κ1) is 18.8. The summed E-state index contributed by atoms with van der Waals surface area (Å²) in [5.74, 6) is 0.796. The summed E-state index contributed by atoms with van der Waals surface area (Å²) in [6, 6.07) is 7.81. The fraction of sp³-hybridized carbons (Fsp3) is 0.333. The van der Waals surface area contributed by atoms with Crippen LogP contribution in [-0.4, -0.2) is 48.1 Å². The molecule has 4 heterocycles. The van der Waals surface area contributed by atoms with E-state index in [-0.39, 0.29) is 5.91 Å². The molecule has 0 radical (unpaired) electrons. The van der Waals surface area contributed by atoms with Crippen molar-refractivity contribution >= 4 is 39.1 Å². The molecule has 5 rings (SSSR count). The average Bonchev–Trinajstić information content (AvgIpc) is 3.36.